The lowest BCUT2D eigenvalue weighted by atomic mass is 10.00. The largest absolute Gasteiger partial charge is 0.593 e. The monoisotopic (exact) mass is 681 g/mol. The molecule has 3 saturated heterocycles. The number of rotatable bonds is 10. The van der Waals surface area contributed by atoms with Gasteiger partial charge in [-0.25, -0.2) is 4.79 Å². The van der Waals surface area contributed by atoms with Crippen LogP contribution in [0.4, 0.5) is 4.79 Å². The van der Waals surface area contributed by atoms with E-state index in [1.165, 1.54) is 0 Å². The van der Waals surface area contributed by atoms with E-state index in [2.05, 4.69) is 15.5 Å². The maximum atomic E-state index is 13.4. The predicted octanol–water partition coefficient (Wildman–Crippen LogP) is 2.67. The van der Waals surface area contributed by atoms with Gasteiger partial charge in [0.15, 0.2) is 4.90 Å². The number of piperidine rings is 2. The van der Waals surface area contributed by atoms with Crippen LogP contribution in [0.5, 0.6) is 5.75 Å². The fourth-order valence-electron chi connectivity index (χ4n) is 5.97. The number of benzene rings is 2. The molecule has 3 aliphatic rings. The second-order valence-corrected chi connectivity index (χ2v) is 14.9. The van der Waals surface area contributed by atoms with E-state index in [9.17, 15) is 28.5 Å². The molecule has 2 aromatic carbocycles. The highest BCUT2D eigenvalue weighted by atomic mass is 32.2. The van der Waals surface area contributed by atoms with E-state index in [-0.39, 0.29) is 25.0 Å². The third-order valence-corrected chi connectivity index (χ3v) is 9.97. The van der Waals surface area contributed by atoms with Crippen molar-refractivity contribution in [1.82, 2.24) is 24.7 Å². The molecule has 0 saturated carbocycles. The van der Waals surface area contributed by atoms with Crippen molar-refractivity contribution < 1.29 is 38.0 Å². The van der Waals surface area contributed by atoms with Gasteiger partial charge in [-0.05, 0) is 76.3 Å². The molecule has 14 heteroatoms. The van der Waals surface area contributed by atoms with Gasteiger partial charge in [-0.2, -0.15) is 0 Å². The summed E-state index contributed by atoms with van der Waals surface area (Å²) in [6.45, 7) is 10.3. The molecular weight excluding hydrogens is 638 g/mol. The second kappa shape index (κ2) is 15.1. The molecule has 0 aliphatic carbocycles. The van der Waals surface area contributed by atoms with E-state index in [1.807, 2.05) is 61.5 Å². The predicted molar refractivity (Wildman–Crippen MR) is 176 cm³/mol. The molecule has 48 heavy (non-hydrogen) atoms. The van der Waals surface area contributed by atoms with Gasteiger partial charge in [0.1, 0.15) is 23.5 Å². The first kappa shape index (κ1) is 35.3. The summed E-state index contributed by atoms with van der Waals surface area (Å²) in [5.41, 5.74) is 1.31. The summed E-state index contributed by atoms with van der Waals surface area (Å²) in [6.07, 6.45) is 1.35. The molecule has 0 spiro atoms. The van der Waals surface area contributed by atoms with E-state index in [1.54, 1.807) is 13.0 Å². The number of alkyl carbamates (subject to hydrolysis) is 1. The molecule has 2 unspecified atom stereocenters. The lowest BCUT2D eigenvalue weighted by Crippen LogP contribution is -2.54. The topological polar surface area (TPSA) is 161 Å². The third-order valence-electron chi connectivity index (χ3n) is 8.48. The SMILES string of the molecule is Cc1ccc(CN2CC(Oc3cccc([S+]([O-])N4CCC(NC(=O)OC(C)(C)C)CC4)c3)C2)cc1C(=O)N(C=O)C1CCC(=O)NC1=O. The smallest absolute Gasteiger partial charge is 0.407 e. The number of carbonyl (C=O) groups excluding carboxylic acids is 5. The van der Waals surface area contributed by atoms with Crippen LogP contribution >= 0.6 is 0 Å². The summed E-state index contributed by atoms with van der Waals surface area (Å²) >= 11 is -1.36. The number of hydrogen-bond donors (Lipinski definition) is 2. The molecule has 2 aromatic rings. The summed E-state index contributed by atoms with van der Waals surface area (Å²) in [5, 5.41) is 5.10. The van der Waals surface area contributed by atoms with Gasteiger partial charge in [0.05, 0.1) is 11.4 Å². The van der Waals surface area contributed by atoms with Crippen LogP contribution in [0, 0.1) is 6.92 Å². The molecule has 3 aliphatic heterocycles. The first-order valence-electron chi connectivity index (χ1n) is 16.2. The molecule has 3 fully saturated rings. The van der Waals surface area contributed by atoms with Crippen LogP contribution in [-0.4, -0.2) is 98.9 Å². The molecule has 5 rings (SSSR count). The van der Waals surface area contributed by atoms with E-state index in [0.29, 0.717) is 73.7 Å². The van der Waals surface area contributed by atoms with Gasteiger partial charge < -0.3 is 19.3 Å². The first-order chi connectivity index (χ1) is 22.8. The average molecular weight is 682 g/mol. The quantitative estimate of drug-likeness (QED) is 0.217. The minimum absolute atomic E-state index is 0.0276. The van der Waals surface area contributed by atoms with Crippen molar-refractivity contribution >= 4 is 41.6 Å². The Labute approximate surface area is 283 Å². The average Bonchev–Trinajstić information content (AvgIpc) is 3.01. The molecule has 0 bridgehead atoms. The summed E-state index contributed by atoms with van der Waals surface area (Å²) < 4.78 is 26.8. The number of likely N-dealkylation sites (tertiary alicyclic amines) is 1. The highest BCUT2D eigenvalue weighted by Crippen LogP contribution is 2.27. The molecule has 2 N–H and O–H groups in total. The van der Waals surface area contributed by atoms with Crippen molar-refractivity contribution in [2.24, 2.45) is 0 Å². The number of ether oxygens (including phenoxy) is 2. The Kier molecular flexibility index (Phi) is 11.1. The molecular formula is C34H43N5O8S. The van der Waals surface area contributed by atoms with Gasteiger partial charge >= 0.3 is 6.09 Å². The van der Waals surface area contributed by atoms with Gasteiger partial charge in [-0.15, -0.1) is 4.31 Å². The van der Waals surface area contributed by atoms with Crippen molar-refractivity contribution in [2.75, 3.05) is 26.2 Å². The van der Waals surface area contributed by atoms with Crippen LogP contribution in [0.2, 0.25) is 0 Å². The van der Waals surface area contributed by atoms with Gasteiger partial charge in [0.2, 0.25) is 18.2 Å². The van der Waals surface area contributed by atoms with Crippen LogP contribution in [0.3, 0.4) is 0 Å². The lowest BCUT2D eigenvalue weighted by Gasteiger charge is -2.39. The Balaban J connectivity index is 1.10. The third kappa shape index (κ3) is 8.92. The van der Waals surface area contributed by atoms with E-state index < -0.39 is 46.8 Å². The number of imide groups is 2. The molecule has 3 heterocycles. The van der Waals surface area contributed by atoms with Crippen LogP contribution in [0.15, 0.2) is 47.4 Å². The second-order valence-electron chi connectivity index (χ2n) is 13.4. The lowest BCUT2D eigenvalue weighted by molar-refractivity contribution is -0.139. The summed E-state index contributed by atoms with van der Waals surface area (Å²) in [7, 11) is 0. The zero-order chi connectivity index (χ0) is 34.6. The number of nitrogens with one attached hydrogen (secondary N) is 2. The van der Waals surface area contributed by atoms with Gasteiger partial charge in [-0.1, -0.05) is 18.2 Å². The van der Waals surface area contributed by atoms with E-state index >= 15 is 0 Å². The highest BCUT2D eigenvalue weighted by molar-refractivity contribution is 7.89. The Morgan fingerprint density at radius 2 is 1.83 bits per heavy atom. The Morgan fingerprint density at radius 1 is 1.10 bits per heavy atom. The number of carbonyl (C=O) groups is 5. The van der Waals surface area contributed by atoms with Crippen LogP contribution in [-0.2, 0) is 37.0 Å². The van der Waals surface area contributed by atoms with Crippen molar-refractivity contribution in [3.8, 4) is 5.75 Å². The number of aryl methyl sites for hydroxylation is 1. The van der Waals surface area contributed by atoms with Gasteiger partial charge in [0.25, 0.3) is 5.91 Å². The molecule has 5 amide bonds. The van der Waals surface area contributed by atoms with Crippen molar-refractivity contribution in [3.63, 3.8) is 0 Å². The van der Waals surface area contributed by atoms with Crippen molar-refractivity contribution in [2.45, 2.75) is 88.6 Å². The summed E-state index contributed by atoms with van der Waals surface area (Å²) in [5.74, 6) is -1.02. The van der Waals surface area contributed by atoms with Crippen molar-refractivity contribution in [1.29, 1.82) is 0 Å². The fraction of sp³-hybridized carbons (Fsp3) is 0.500. The molecule has 2 atom stereocenters. The standard InChI is InChI=1S/C34H43N5O8S/c1-22-8-9-23(16-28(22)32(43)39(21-40)29-10-11-30(41)36-31(29)42)18-37-19-26(20-37)46-25-6-5-7-27(17-25)48(45)38-14-12-24(13-15-38)35-33(44)47-34(2,3)4/h5-9,16-17,21,24,26,29H,10-15,18-20H2,1-4H3,(H,35,44)(H,36,41,42). The minimum atomic E-state index is -1.36. The van der Waals surface area contributed by atoms with E-state index in [4.69, 9.17) is 9.47 Å². The number of nitrogens with zero attached hydrogens (tertiary/aromatic N) is 3. The normalized spacial score (nSPS) is 20.3. The zero-order valence-electron chi connectivity index (χ0n) is 27.7. The minimum Gasteiger partial charge on any atom is -0.593 e. The number of hydrogen-bond acceptors (Lipinski definition) is 10. The Bertz CT molecular complexity index is 1530. The van der Waals surface area contributed by atoms with E-state index in [0.717, 1.165) is 10.5 Å². The van der Waals surface area contributed by atoms with Gasteiger partial charge in [-0.3, -0.25) is 34.3 Å². The zero-order valence-corrected chi connectivity index (χ0v) is 28.5. The fourth-order valence-corrected chi connectivity index (χ4v) is 7.22. The summed E-state index contributed by atoms with van der Waals surface area (Å²) in [6, 6.07) is 11.7. The first-order valence-corrected chi connectivity index (χ1v) is 17.3. The highest BCUT2D eigenvalue weighted by Gasteiger charge is 2.36. The van der Waals surface area contributed by atoms with Crippen LogP contribution in [0.1, 0.15) is 67.9 Å². The molecule has 0 aromatic heterocycles. The number of amides is 5. The Hall–Kier alpha value is -3.98. The molecule has 258 valence electrons. The van der Waals surface area contributed by atoms with Gasteiger partial charge in [0, 0.05) is 56.8 Å². The molecule has 13 nitrogen and oxygen atoms in total. The Morgan fingerprint density at radius 3 is 2.50 bits per heavy atom. The van der Waals surface area contributed by atoms with Crippen LogP contribution < -0.4 is 15.4 Å². The van der Waals surface area contributed by atoms with Crippen molar-refractivity contribution in [3.05, 3.63) is 59.2 Å². The van der Waals surface area contributed by atoms with Crippen LogP contribution in [0.25, 0.3) is 0 Å². The molecule has 0 radical (unpaired) electrons. The summed E-state index contributed by atoms with van der Waals surface area (Å²) in [4.78, 5) is 64.8. The maximum absolute atomic E-state index is 13.4. The maximum Gasteiger partial charge on any atom is 0.407 e.